The van der Waals surface area contributed by atoms with Crippen LogP contribution in [0.15, 0.2) is 10.6 Å². The molecule has 2 N–H and O–H groups in total. The second-order valence-corrected chi connectivity index (χ2v) is 4.92. The van der Waals surface area contributed by atoms with Crippen LogP contribution in [0.25, 0.3) is 0 Å². The van der Waals surface area contributed by atoms with Crippen molar-refractivity contribution in [2.75, 3.05) is 13.1 Å². The van der Waals surface area contributed by atoms with Crippen LogP contribution in [0.4, 0.5) is 0 Å². The molecule has 3 rings (SSSR count). The van der Waals surface area contributed by atoms with Gasteiger partial charge in [0.15, 0.2) is 5.69 Å². The number of hydrogen-bond donors (Lipinski definition) is 1. The standard InChI is InChI=1S/C12H17N3O2.ClH/c13-7-9-2-1-5-15(9)12(16)10-6-11(17-14-10)8-3-4-8;/h6,8-9H,1-5,7,13H2;1H. The van der Waals surface area contributed by atoms with E-state index >= 15 is 0 Å². The van der Waals surface area contributed by atoms with Crippen molar-refractivity contribution in [2.45, 2.75) is 37.6 Å². The number of likely N-dealkylation sites (tertiary alicyclic amines) is 1. The van der Waals surface area contributed by atoms with E-state index < -0.39 is 0 Å². The monoisotopic (exact) mass is 271 g/mol. The Bertz CT molecular complexity index is 431. The lowest BCUT2D eigenvalue weighted by Gasteiger charge is -2.21. The van der Waals surface area contributed by atoms with E-state index in [2.05, 4.69) is 5.16 Å². The summed E-state index contributed by atoms with van der Waals surface area (Å²) in [6.45, 7) is 1.31. The zero-order chi connectivity index (χ0) is 11.8. The maximum absolute atomic E-state index is 12.2. The van der Waals surface area contributed by atoms with Crippen molar-refractivity contribution < 1.29 is 9.32 Å². The molecule has 1 aromatic heterocycles. The van der Waals surface area contributed by atoms with Crippen LogP contribution in [-0.2, 0) is 0 Å². The zero-order valence-electron chi connectivity index (χ0n) is 10.2. The summed E-state index contributed by atoms with van der Waals surface area (Å²) in [4.78, 5) is 14.0. The lowest BCUT2D eigenvalue weighted by Crippen LogP contribution is -2.40. The first-order valence-corrected chi connectivity index (χ1v) is 6.27. The number of carbonyl (C=O) groups is 1. The Morgan fingerprint density at radius 3 is 2.94 bits per heavy atom. The van der Waals surface area contributed by atoms with Gasteiger partial charge in [0, 0.05) is 31.1 Å². The normalized spacial score (nSPS) is 22.9. The molecule has 1 aliphatic carbocycles. The third kappa shape index (κ3) is 2.37. The van der Waals surface area contributed by atoms with E-state index in [1.54, 1.807) is 6.07 Å². The van der Waals surface area contributed by atoms with Crippen molar-refractivity contribution >= 4 is 18.3 Å². The fraction of sp³-hybridized carbons (Fsp3) is 0.667. The summed E-state index contributed by atoms with van der Waals surface area (Å²) in [6, 6.07) is 1.97. The van der Waals surface area contributed by atoms with Gasteiger partial charge in [-0.25, -0.2) is 0 Å². The van der Waals surface area contributed by atoms with Crippen LogP contribution < -0.4 is 5.73 Å². The molecule has 2 fully saturated rings. The molecule has 0 radical (unpaired) electrons. The van der Waals surface area contributed by atoms with E-state index in [-0.39, 0.29) is 24.4 Å². The van der Waals surface area contributed by atoms with Crippen LogP contribution in [0.1, 0.15) is 47.8 Å². The van der Waals surface area contributed by atoms with Gasteiger partial charge in [0.25, 0.3) is 5.91 Å². The number of nitrogens with two attached hydrogens (primary N) is 1. The topological polar surface area (TPSA) is 72.4 Å². The van der Waals surface area contributed by atoms with Crippen LogP contribution in [0.2, 0.25) is 0 Å². The SMILES string of the molecule is Cl.NCC1CCCN1C(=O)c1cc(C2CC2)on1. The van der Waals surface area contributed by atoms with Gasteiger partial charge < -0.3 is 15.2 Å². The number of nitrogens with zero attached hydrogens (tertiary/aromatic N) is 2. The molecule has 2 aliphatic rings. The van der Waals surface area contributed by atoms with E-state index in [0.717, 1.165) is 38.0 Å². The van der Waals surface area contributed by atoms with Crippen molar-refractivity contribution in [3.8, 4) is 0 Å². The Hall–Kier alpha value is -1.07. The zero-order valence-corrected chi connectivity index (χ0v) is 11.0. The highest BCUT2D eigenvalue weighted by Gasteiger charge is 2.32. The fourth-order valence-electron chi connectivity index (χ4n) is 2.45. The van der Waals surface area contributed by atoms with Crippen LogP contribution in [-0.4, -0.2) is 35.1 Å². The molecule has 1 saturated heterocycles. The molecular formula is C12H18ClN3O2. The van der Waals surface area contributed by atoms with Crippen molar-refractivity contribution in [3.63, 3.8) is 0 Å². The van der Waals surface area contributed by atoms with Gasteiger partial charge in [-0.15, -0.1) is 12.4 Å². The maximum atomic E-state index is 12.2. The van der Waals surface area contributed by atoms with Crippen molar-refractivity contribution in [1.82, 2.24) is 10.1 Å². The number of rotatable bonds is 3. The predicted octanol–water partition coefficient (Wildman–Crippen LogP) is 1.54. The molecule has 100 valence electrons. The minimum absolute atomic E-state index is 0. The molecule has 1 aromatic rings. The molecule has 0 spiro atoms. The first-order valence-electron chi connectivity index (χ1n) is 6.27. The van der Waals surface area contributed by atoms with Gasteiger partial charge in [0.05, 0.1) is 0 Å². The van der Waals surface area contributed by atoms with Gasteiger partial charge in [0.2, 0.25) is 0 Å². The summed E-state index contributed by atoms with van der Waals surface area (Å²) in [5.74, 6) is 1.32. The minimum Gasteiger partial charge on any atom is -0.360 e. The van der Waals surface area contributed by atoms with Gasteiger partial charge in [-0.1, -0.05) is 5.16 Å². The lowest BCUT2D eigenvalue weighted by molar-refractivity contribution is 0.0730. The molecule has 5 nitrogen and oxygen atoms in total. The van der Waals surface area contributed by atoms with Crippen molar-refractivity contribution in [2.24, 2.45) is 5.73 Å². The highest BCUT2D eigenvalue weighted by Crippen LogP contribution is 2.40. The summed E-state index contributed by atoms with van der Waals surface area (Å²) >= 11 is 0. The molecule has 1 amide bonds. The molecule has 1 unspecified atom stereocenters. The Labute approximate surface area is 112 Å². The largest absolute Gasteiger partial charge is 0.360 e. The molecule has 1 saturated carbocycles. The smallest absolute Gasteiger partial charge is 0.276 e. The second kappa shape index (κ2) is 5.28. The summed E-state index contributed by atoms with van der Waals surface area (Å²) in [6.07, 6.45) is 4.33. The van der Waals surface area contributed by atoms with E-state index in [1.165, 1.54) is 0 Å². The Balaban J connectivity index is 0.00000120. The lowest BCUT2D eigenvalue weighted by atomic mass is 10.2. The van der Waals surface area contributed by atoms with Gasteiger partial charge in [-0.2, -0.15) is 0 Å². The van der Waals surface area contributed by atoms with Gasteiger partial charge in [0.1, 0.15) is 5.76 Å². The number of halogens is 1. The Morgan fingerprint density at radius 1 is 1.50 bits per heavy atom. The highest BCUT2D eigenvalue weighted by atomic mass is 35.5. The number of amides is 1. The number of carbonyl (C=O) groups excluding carboxylic acids is 1. The van der Waals surface area contributed by atoms with E-state index in [9.17, 15) is 4.79 Å². The average Bonchev–Trinajstić information content (AvgIpc) is 2.93. The first-order chi connectivity index (χ1) is 8.29. The third-order valence-electron chi connectivity index (χ3n) is 3.64. The third-order valence-corrected chi connectivity index (χ3v) is 3.64. The van der Waals surface area contributed by atoms with Gasteiger partial charge >= 0.3 is 0 Å². The highest BCUT2D eigenvalue weighted by molar-refractivity contribution is 5.92. The van der Waals surface area contributed by atoms with Crippen LogP contribution in [0.3, 0.4) is 0 Å². The number of hydrogen-bond acceptors (Lipinski definition) is 4. The molecule has 1 aliphatic heterocycles. The molecule has 0 bridgehead atoms. The van der Waals surface area contributed by atoms with Crippen LogP contribution in [0.5, 0.6) is 0 Å². The fourth-order valence-corrected chi connectivity index (χ4v) is 2.45. The molecule has 18 heavy (non-hydrogen) atoms. The number of aromatic nitrogens is 1. The molecule has 6 heteroatoms. The summed E-state index contributed by atoms with van der Waals surface area (Å²) < 4.78 is 5.21. The van der Waals surface area contributed by atoms with Crippen LogP contribution >= 0.6 is 12.4 Å². The summed E-state index contributed by atoms with van der Waals surface area (Å²) in [7, 11) is 0. The Morgan fingerprint density at radius 2 is 2.28 bits per heavy atom. The second-order valence-electron chi connectivity index (χ2n) is 4.92. The predicted molar refractivity (Wildman–Crippen MR) is 68.8 cm³/mol. The first kappa shape index (κ1) is 13.4. The molecule has 2 heterocycles. The van der Waals surface area contributed by atoms with Crippen LogP contribution in [0, 0.1) is 0 Å². The maximum Gasteiger partial charge on any atom is 0.276 e. The quantitative estimate of drug-likeness (QED) is 0.905. The van der Waals surface area contributed by atoms with E-state index in [0.29, 0.717) is 18.2 Å². The van der Waals surface area contributed by atoms with E-state index in [1.807, 2.05) is 4.90 Å². The molecular weight excluding hydrogens is 254 g/mol. The Kier molecular flexibility index (Phi) is 3.92. The minimum atomic E-state index is -0.0337. The van der Waals surface area contributed by atoms with Crippen molar-refractivity contribution in [3.05, 3.63) is 17.5 Å². The summed E-state index contributed by atoms with van der Waals surface area (Å²) in [5, 5.41) is 3.88. The molecule has 1 atom stereocenters. The molecule has 0 aromatic carbocycles. The summed E-state index contributed by atoms with van der Waals surface area (Å²) in [5.41, 5.74) is 6.10. The van der Waals surface area contributed by atoms with E-state index in [4.69, 9.17) is 10.3 Å². The van der Waals surface area contributed by atoms with Gasteiger partial charge in [-0.3, -0.25) is 4.79 Å². The van der Waals surface area contributed by atoms with Crippen molar-refractivity contribution in [1.29, 1.82) is 0 Å². The average molecular weight is 272 g/mol. The van der Waals surface area contributed by atoms with Gasteiger partial charge in [-0.05, 0) is 25.7 Å².